The van der Waals surface area contributed by atoms with E-state index in [0.717, 1.165) is 0 Å². The Bertz CT molecular complexity index is 880. The summed E-state index contributed by atoms with van der Waals surface area (Å²) in [7, 11) is 3.01. The molecule has 3 rings (SSSR count). The number of hydrogen-bond donors (Lipinski definition) is 1. The van der Waals surface area contributed by atoms with Crippen molar-refractivity contribution in [2.45, 2.75) is 0 Å². The molecule has 0 saturated carbocycles. The summed E-state index contributed by atoms with van der Waals surface area (Å²) in [6, 6.07) is 9.43. The first-order valence-corrected chi connectivity index (χ1v) is 8.68. The van der Waals surface area contributed by atoms with Crippen LogP contribution < -0.4 is 19.7 Å². The fourth-order valence-corrected chi connectivity index (χ4v) is 2.98. The van der Waals surface area contributed by atoms with E-state index in [2.05, 4.69) is 5.32 Å². The van der Waals surface area contributed by atoms with Gasteiger partial charge in [0, 0.05) is 30.8 Å². The molecule has 9 heteroatoms. The van der Waals surface area contributed by atoms with Crippen molar-refractivity contribution in [2.24, 2.45) is 0 Å². The molecule has 28 heavy (non-hydrogen) atoms. The van der Waals surface area contributed by atoms with Gasteiger partial charge in [-0.3, -0.25) is 14.9 Å². The molecule has 0 radical (unpaired) electrons. The molecular weight excluding hydrogens is 366 g/mol. The van der Waals surface area contributed by atoms with Crippen molar-refractivity contribution in [3.63, 3.8) is 0 Å². The lowest BCUT2D eigenvalue weighted by Crippen LogP contribution is -2.36. The second-order valence-electron chi connectivity index (χ2n) is 6.08. The summed E-state index contributed by atoms with van der Waals surface area (Å²) in [4.78, 5) is 25.6. The molecule has 148 valence electrons. The van der Waals surface area contributed by atoms with E-state index in [1.54, 1.807) is 30.3 Å². The standard InChI is InChI=1S/C19H21N3O6/c1-26-14-4-5-15(18(12-14)27-2)20-19(23)13-3-6-16(17(11-13)22(24)25)21-7-9-28-10-8-21/h3-6,11-12H,7-10H2,1-2H3,(H,20,23). The fourth-order valence-electron chi connectivity index (χ4n) is 2.98. The summed E-state index contributed by atoms with van der Waals surface area (Å²) >= 11 is 0. The number of anilines is 2. The maximum Gasteiger partial charge on any atom is 0.293 e. The molecule has 2 aromatic carbocycles. The quantitative estimate of drug-likeness (QED) is 0.600. The van der Waals surface area contributed by atoms with E-state index in [0.29, 0.717) is 49.2 Å². The van der Waals surface area contributed by atoms with Crippen molar-refractivity contribution in [3.8, 4) is 11.5 Å². The Morgan fingerprint density at radius 3 is 2.54 bits per heavy atom. The lowest BCUT2D eigenvalue weighted by atomic mass is 10.1. The number of ether oxygens (including phenoxy) is 3. The highest BCUT2D eigenvalue weighted by molar-refractivity contribution is 6.06. The lowest BCUT2D eigenvalue weighted by Gasteiger charge is -2.28. The number of nitrogens with one attached hydrogen (secondary N) is 1. The van der Waals surface area contributed by atoms with Gasteiger partial charge in [-0.25, -0.2) is 0 Å². The summed E-state index contributed by atoms with van der Waals surface area (Å²) < 4.78 is 15.7. The maximum absolute atomic E-state index is 12.6. The lowest BCUT2D eigenvalue weighted by molar-refractivity contribution is -0.384. The van der Waals surface area contributed by atoms with Crippen LogP contribution in [0.25, 0.3) is 0 Å². The van der Waals surface area contributed by atoms with Crippen molar-refractivity contribution in [3.05, 3.63) is 52.1 Å². The molecule has 0 aromatic heterocycles. The van der Waals surface area contributed by atoms with E-state index in [9.17, 15) is 14.9 Å². The van der Waals surface area contributed by atoms with Gasteiger partial charge in [0.05, 0.1) is 38.0 Å². The number of hydrogen-bond acceptors (Lipinski definition) is 7. The molecule has 0 aliphatic carbocycles. The van der Waals surface area contributed by atoms with Crippen LogP contribution in [0.4, 0.5) is 17.1 Å². The highest BCUT2D eigenvalue weighted by atomic mass is 16.6. The van der Waals surface area contributed by atoms with E-state index < -0.39 is 10.8 Å². The van der Waals surface area contributed by atoms with Gasteiger partial charge in [0.25, 0.3) is 11.6 Å². The fraction of sp³-hybridized carbons (Fsp3) is 0.316. The third kappa shape index (κ3) is 4.15. The van der Waals surface area contributed by atoms with E-state index >= 15 is 0 Å². The molecule has 1 aliphatic heterocycles. The zero-order valence-electron chi connectivity index (χ0n) is 15.6. The number of carbonyl (C=O) groups is 1. The number of nitro groups is 1. The van der Waals surface area contributed by atoms with Crippen LogP contribution in [0.2, 0.25) is 0 Å². The van der Waals surface area contributed by atoms with Crippen LogP contribution in [0.5, 0.6) is 11.5 Å². The van der Waals surface area contributed by atoms with Crippen molar-refractivity contribution in [1.82, 2.24) is 0 Å². The molecule has 1 saturated heterocycles. The van der Waals surface area contributed by atoms with Gasteiger partial charge in [-0.2, -0.15) is 0 Å². The predicted molar refractivity (Wildman–Crippen MR) is 104 cm³/mol. The Labute approximate surface area is 162 Å². The van der Waals surface area contributed by atoms with Crippen LogP contribution >= 0.6 is 0 Å². The van der Waals surface area contributed by atoms with Gasteiger partial charge in [0.15, 0.2) is 0 Å². The molecule has 0 unspecified atom stereocenters. The molecule has 1 amide bonds. The van der Waals surface area contributed by atoms with E-state index in [1.807, 2.05) is 4.90 Å². The number of morpholine rings is 1. The van der Waals surface area contributed by atoms with E-state index in [4.69, 9.17) is 14.2 Å². The van der Waals surface area contributed by atoms with Crippen LogP contribution in [0.15, 0.2) is 36.4 Å². The smallest absolute Gasteiger partial charge is 0.293 e. The SMILES string of the molecule is COc1ccc(NC(=O)c2ccc(N3CCOCC3)c([N+](=O)[O-])c2)c(OC)c1. The molecule has 1 fully saturated rings. The molecule has 0 atom stereocenters. The van der Waals surface area contributed by atoms with Gasteiger partial charge in [0.2, 0.25) is 0 Å². The Morgan fingerprint density at radius 2 is 1.89 bits per heavy atom. The normalized spacial score (nSPS) is 13.7. The maximum atomic E-state index is 12.6. The topological polar surface area (TPSA) is 103 Å². The average molecular weight is 387 g/mol. The predicted octanol–water partition coefficient (Wildman–Crippen LogP) is 2.70. The average Bonchev–Trinajstić information content (AvgIpc) is 2.74. The monoisotopic (exact) mass is 387 g/mol. The first kappa shape index (κ1) is 19.4. The van der Waals surface area contributed by atoms with Crippen molar-refractivity contribution >= 4 is 23.0 Å². The number of methoxy groups -OCH3 is 2. The zero-order valence-corrected chi connectivity index (χ0v) is 15.6. The van der Waals surface area contributed by atoms with Gasteiger partial charge < -0.3 is 24.4 Å². The molecular formula is C19H21N3O6. The number of nitrogens with zero attached hydrogens (tertiary/aromatic N) is 2. The van der Waals surface area contributed by atoms with Gasteiger partial charge in [-0.05, 0) is 24.3 Å². The summed E-state index contributed by atoms with van der Waals surface area (Å²) in [6.45, 7) is 2.15. The minimum Gasteiger partial charge on any atom is -0.497 e. The summed E-state index contributed by atoms with van der Waals surface area (Å²) in [5.41, 5.74) is 0.984. The van der Waals surface area contributed by atoms with Gasteiger partial charge in [-0.15, -0.1) is 0 Å². The van der Waals surface area contributed by atoms with Crippen molar-refractivity contribution < 1.29 is 23.9 Å². The summed E-state index contributed by atoms with van der Waals surface area (Å²) in [5, 5.41) is 14.3. The van der Waals surface area contributed by atoms with Crippen LogP contribution in [0.3, 0.4) is 0 Å². The van der Waals surface area contributed by atoms with E-state index in [-0.39, 0.29) is 11.3 Å². The Hall–Kier alpha value is -3.33. The minimum absolute atomic E-state index is 0.115. The minimum atomic E-state index is -0.477. The molecule has 1 aliphatic rings. The first-order valence-electron chi connectivity index (χ1n) is 8.68. The number of benzene rings is 2. The second kappa shape index (κ2) is 8.57. The molecule has 1 N–H and O–H groups in total. The second-order valence-corrected chi connectivity index (χ2v) is 6.08. The third-order valence-electron chi connectivity index (χ3n) is 4.44. The van der Waals surface area contributed by atoms with Crippen LogP contribution in [0, 0.1) is 10.1 Å². The summed E-state index contributed by atoms with van der Waals surface area (Å²) in [6.07, 6.45) is 0. The highest BCUT2D eigenvalue weighted by Crippen LogP contribution is 2.32. The van der Waals surface area contributed by atoms with Gasteiger partial charge in [-0.1, -0.05) is 0 Å². The molecule has 2 aromatic rings. The Morgan fingerprint density at radius 1 is 1.14 bits per heavy atom. The van der Waals surface area contributed by atoms with Crippen LogP contribution in [0.1, 0.15) is 10.4 Å². The van der Waals surface area contributed by atoms with Crippen molar-refractivity contribution in [1.29, 1.82) is 0 Å². The summed E-state index contributed by atoms with van der Waals surface area (Å²) in [5.74, 6) is 0.535. The molecule has 9 nitrogen and oxygen atoms in total. The number of amides is 1. The molecule has 0 spiro atoms. The Kier molecular flexibility index (Phi) is 5.95. The Balaban J connectivity index is 1.86. The molecule has 1 heterocycles. The number of nitro benzene ring substituents is 1. The number of rotatable bonds is 6. The first-order chi connectivity index (χ1) is 13.5. The molecule has 0 bridgehead atoms. The number of carbonyl (C=O) groups excluding carboxylic acids is 1. The van der Waals surface area contributed by atoms with Crippen molar-refractivity contribution in [2.75, 3.05) is 50.7 Å². The largest absolute Gasteiger partial charge is 0.497 e. The van der Waals surface area contributed by atoms with Gasteiger partial charge in [0.1, 0.15) is 17.2 Å². The third-order valence-corrected chi connectivity index (χ3v) is 4.44. The zero-order chi connectivity index (χ0) is 20.1. The van der Waals surface area contributed by atoms with Gasteiger partial charge >= 0.3 is 0 Å². The van der Waals surface area contributed by atoms with Crippen LogP contribution in [-0.2, 0) is 4.74 Å². The van der Waals surface area contributed by atoms with Crippen LogP contribution in [-0.4, -0.2) is 51.4 Å². The van der Waals surface area contributed by atoms with E-state index in [1.165, 1.54) is 20.3 Å². The highest BCUT2D eigenvalue weighted by Gasteiger charge is 2.23.